The first-order valence-corrected chi connectivity index (χ1v) is 19.1. The lowest BCUT2D eigenvalue weighted by Gasteiger charge is -2.20. The average molecular weight is 759 g/mol. The van der Waals surface area contributed by atoms with Gasteiger partial charge in [0.1, 0.15) is 17.2 Å². The number of allylic oxidation sites excluding steroid dienone is 1. The summed E-state index contributed by atoms with van der Waals surface area (Å²) in [4.78, 5) is 9.23. The summed E-state index contributed by atoms with van der Waals surface area (Å²) in [5.74, 6) is 3.36. The number of methoxy groups -OCH3 is 4. The summed E-state index contributed by atoms with van der Waals surface area (Å²) >= 11 is 0. The van der Waals surface area contributed by atoms with Gasteiger partial charge in [-0.25, -0.2) is 4.98 Å². The minimum atomic E-state index is 0.792. The molecule has 0 radical (unpaired) electrons. The first-order valence-electron chi connectivity index (χ1n) is 19.1. The summed E-state index contributed by atoms with van der Waals surface area (Å²) in [5, 5.41) is 3.25. The lowest BCUT2D eigenvalue weighted by atomic mass is 9.91. The number of pyridine rings is 1. The second-order valence-electron chi connectivity index (χ2n) is 14.2. The number of ether oxygens (including phenoxy) is 4. The number of fused-ring (bicyclic) bond motifs is 6. The van der Waals surface area contributed by atoms with Crippen molar-refractivity contribution in [2.24, 2.45) is 0 Å². The molecular formula is C50H38N4O4. The molecule has 8 heteroatoms. The molecule has 0 unspecified atom stereocenters. The zero-order valence-corrected chi connectivity index (χ0v) is 32.5. The number of benzene rings is 5. The van der Waals surface area contributed by atoms with Crippen LogP contribution in [0.3, 0.4) is 0 Å². The predicted octanol–water partition coefficient (Wildman–Crippen LogP) is 11.1. The van der Waals surface area contributed by atoms with Crippen molar-refractivity contribution in [1.82, 2.24) is 19.1 Å². The van der Waals surface area contributed by atoms with Gasteiger partial charge in [0, 0.05) is 86.4 Å². The molecule has 0 atom stereocenters. The number of aromatic nitrogens is 4. The molecule has 58 heavy (non-hydrogen) atoms. The van der Waals surface area contributed by atoms with Gasteiger partial charge in [-0.1, -0.05) is 36.4 Å². The van der Waals surface area contributed by atoms with Gasteiger partial charge in [-0.15, -0.1) is 0 Å². The quantitative estimate of drug-likeness (QED) is 0.146. The third kappa shape index (κ3) is 5.54. The Labute approximate surface area is 336 Å². The highest BCUT2D eigenvalue weighted by Gasteiger charge is 2.25. The van der Waals surface area contributed by atoms with E-state index in [-0.39, 0.29) is 0 Å². The Hall–Kier alpha value is -7.50. The van der Waals surface area contributed by atoms with Crippen LogP contribution in [0.1, 0.15) is 17.7 Å². The van der Waals surface area contributed by atoms with Crippen molar-refractivity contribution in [1.29, 1.82) is 0 Å². The largest absolute Gasteiger partial charge is 0.501 e. The second-order valence-corrected chi connectivity index (χ2v) is 14.2. The highest BCUT2D eigenvalue weighted by Crippen LogP contribution is 2.45. The van der Waals surface area contributed by atoms with Crippen molar-refractivity contribution in [3.8, 4) is 62.0 Å². The van der Waals surface area contributed by atoms with Crippen molar-refractivity contribution in [3.05, 3.63) is 157 Å². The molecule has 0 fully saturated rings. The SMILES string of the molecule is COC1=Cc2c(n(-c3ccccc3-c3c#cncc3-c3cnccc3-c3ccccc3-n3c4ccc(OC)cc4c4cc(OC)ccc43)c3ccc(OC)cc23)CC1. The predicted molar refractivity (Wildman–Crippen MR) is 230 cm³/mol. The molecule has 1 aliphatic carbocycles. The minimum absolute atomic E-state index is 0.792. The van der Waals surface area contributed by atoms with Gasteiger partial charge < -0.3 is 28.1 Å². The zero-order valence-electron chi connectivity index (χ0n) is 32.5. The van der Waals surface area contributed by atoms with E-state index < -0.39 is 0 Å². The van der Waals surface area contributed by atoms with Crippen molar-refractivity contribution >= 4 is 38.8 Å². The summed E-state index contributed by atoms with van der Waals surface area (Å²) in [5.41, 5.74) is 13.4. The summed E-state index contributed by atoms with van der Waals surface area (Å²) in [6.45, 7) is 0. The Bertz CT molecular complexity index is 3020. The van der Waals surface area contributed by atoms with E-state index in [4.69, 9.17) is 23.9 Å². The van der Waals surface area contributed by atoms with Gasteiger partial charge in [0.05, 0.1) is 62.1 Å². The molecule has 4 aromatic heterocycles. The van der Waals surface area contributed by atoms with Gasteiger partial charge in [0.2, 0.25) is 0 Å². The lowest BCUT2D eigenvalue weighted by molar-refractivity contribution is 0.279. The van der Waals surface area contributed by atoms with Crippen LogP contribution in [-0.4, -0.2) is 47.5 Å². The van der Waals surface area contributed by atoms with Crippen LogP contribution in [-0.2, 0) is 11.2 Å². The van der Waals surface area contributed by atoms with E-state index in [9.17, 15) is 0 Å². The Morgan fingerprint density at radius 2 is 1.14 bits per heavy atom. The molecule has 5 aromatic carbocycles. The summed E-state index contributed by atoms with van der Waals surface area (Å²) in [6, 6.07) is 41.3. The third-order valence-corrected chi connectivity index (χ3v) is 11.3. The van der Waals surface area contributed by atoms with E-state index in [1.54, 1.807) is 28.4 Å². The molecule has 0 aliphatic heterocycles. The van der Waals surface area contributed by atoms with Crippen LogP contribution in [0.4, 0.5) is 0 Å². The van der Waals surface area contributed by atoms with Gasteiger partial charge in [-0.3, -0.25) is 4.98 Å². The maximum Gasteiger partial charge on any atom is 0.119 e. The van der Waals surface area contributed by atoms with E-state index in [1.165, 1.54) is 5.69 Å². The molecule has 0 N–H and O–H groups in total. The van der Waals surface area contributed by atoms with Crippen LogP contribution in [0, 0.1) is 12.3 Å². The van der Waals surface area contributed by atoms with Crippen molar-refractivity contribution in [2.45, 2.75) is 12.8 Å². The molecule has 8 nitrogen and oxygen atoms in total. The first kappa shape index (κ1) is 35.0. The van der Waals surface area contributed by atoms with E-state index in [0.717, 1.165) is 119 Å². The molecule has 0 saturated carbocycles. The second kappa shape index (κ2) is 14.2. The maximum absolute atomic E-state index is 5.75. The molecule has 10 rings (SSSR count). The smallest absolute Gasteiger partial charge is 0.119 e. The van der Waals surface area contributed by atoms with Gasteiger partial charge in [-0.05, 0) is 96.9 Å². The molecule has 282 valence electrons. The average Bonchev–Trinajstić information content (AvgIpc) is 3.79. The minimum Gasteiger partial charge on any atom is -0.501 e. The number of rotatable bonds is 9. The van der Waals surface area contributed by atoms with Gasteiger partial charge >= 0.3 is 0 Å². The Balaban J connectivity index is 1.18. The standard InChI is InChI=1S/C50H38N4O4/c1-55-31-13-17-47-39(25-31)40-26-32(56-2)14-18-48(40)53(47)45-11-7-5-9-37(45)35-21-23-51-29-43(35)44-30-52-24-22-36(44)38-10-6-8-12-46(38)54-49-19-15-33(57-3)27-41(49)42-28-34(58-4)16-20-50(42)54/h5-15,17-19,21,23,25-30H,16,20H2,1-4H3. The fraction of sp³-hybridized carbons (Fsp3) is 0.120. The van der Waals surface area contributed by atoms with Crippen LogP contribution >= 0.6 is 0 Å². The normalized spacial score (nSPS) is 12.3. The van der Waals surface area contributed by atoms with Crippen LogP contribution in [0.15, 0.2) is 134 Å². The molecule has 9 aromatic rings. The fourth-order valence-corrected chi connectivity index (χ4v) is 8.64. The van der Waals surface area contributed by atoms with Crippen LogP contribution in [0.5, 0.6) is 17.2 Å². The molecule has 0 bridgehead atoms. The number of para-hydroxylation sites is 2. The Morgan fingerprint density at radius 3 is 1.79 bits per heavy atom. The van der Waals surface area contributed by atoms with E-state index in [2.05, 4.69) is 123 Å². The van der Waals surface area contributed by atoms with Crippen molar-refractivity contribution < 1.29 is 18.9 Å². The fourth-order valence-electron chi connectivity index (χ4n) is 8.64. The molecule has 0 amide bonds. The third-order valence-electron chi connectivity index (χ3n) is 11.3. The van der Waals surface area contributed by atoms with E-state index in [0.29, 0.717) is 0 Å². The van der Waals surface area contributed by atoms with Crippen molar-refractivity contribution in [3.63, 3.8) is 0 Å². The van der Waals surface area contributed by atoms with Crippen LogP contribution in [0.2, 0.25) is 0 Å². The zero-order chi connectivity index (χ0) is 39.3. The Kier molecular flexibility index (Phi) is 8.57. The molecule has 0 saturated heterocycles. The lowest BCUT2D eigenvalue weighted by Crippen LogP contribution is -2.07. The highest BCUT2D eigenvalue weighted by molar-refractivity contribution is 6.11. The molecule has 0 spiro atoms. The van der Waals surface area contributed by atoms with E-state index in [1.807, 2.05) is 36.8 Å². The summed E-state index contributed by atoms with van der Waals surface area (Å²) < 4.78 is 27.5. The van der Waals surface area contributed by atoms with Gasteiger partial charge in [0.15, 0.2) is 0 Å². The van der Waals surface area contributed by atoms with Crippen molar-refractivity contribution in [2.75, 3.05) is 28.4 Å². The number of nitrogens with zero attached hydrogens (tertiary/aromatic N) is 4. The van der Waals surface area contributed by atoms with E-state index >= 15 is 0 Å². The number of hydrogen-bond acceptors (Lipinski definition) is 6. The molecule has 4 heterocycles. The Morgan fingerprint density at radius 1 is 0.534 bits per heavy atom. The van der Waals surface area contributed by atoms with Gasteiger partial charge in [0.25, 0.3) is 0 Å². The number of hydrogen-bond donors (Lipinski definition) is 0. The first-order chi connectivity index (χ1) is 28.6. The van der Waals surface area contributed by atoms with Gasteiger partial charge in [-0.2, -0.15) is 0 Å². The maximum atomic E-state index is 5.75. The topological polar surface area (TPSA) is 72.6 Å². The highest BCUT2D eigenvalue weighted by atomic mass is 16.5. The summed E-state index contributed by atoms with van der Waals surface area (Å²) in [6.07, 6.45) is 12.5. The van der Waals surface area contributed by atoms with Crippen LogP contribution < -0.4 is 14.2 Å². The molecule has 1 aliphatic rings. The summed E-state index contributed by atoms with van der Waals surface area (Å²) in [7, 11) is 6.84. The molecular weight excluding hydrogens is 721 g/mol. The monoisotopic (exact) mass is 758 g/mol. The van der Waals surface area contributed by atoms with Crippen LogP contribution in [0.25, 0.3) is 83.5 Å².